The van der Waals surface area contributed by atoms with Crippen LogP contribution in [0.2, 0.25) is 0 Å². The number of benzene rings is 1. The maximum absolute atomic E-state index is 12.3. The number of nitrogens with zero attached hydrogens (tertiary/aromatic N) is 1. The summed E-state index contributed by atoms with van der Waals surface area (Å²) in [7, 11) is 0. The quantitative estimate of drug-likeness (QED) is 0.760. The van der Waals surface area contributed by atoms with Crippen LogP contribution in [0.5, 0.6) is 0 Å². The number of anilines is 1. The summed E-state index contributed by atoms with van der Waals surface area (Å²) in [4.78, 5) is 26.2. The SMILES string of the molecule is NCCCCNC(=O)c1occc1CN1C(=O)Cc2ccccc21. The molecule has 2 aromatic rings. The third-order valence-electron chi connectivity index (χ3n) is 4.12. The van der Waals surface area contributed by atoms with E-state index < -0.39 is 0 Å². The molecular formula is C18H21N3O3. The van der Waals surface area contributed by atoms with Gasteiger partial charge in [0.1, 0.15) is 0 Å². The van der Waals surface area contributed by atoms with Gasteiger partial charge in [-0.15, -0.1) is 0 Å². The van der Waals surface area contributed by atoms with Gasteiger partial charge >= 0.3 is 0 Å². The second-order valence-corrected chi connectivity index (χ2v) is 5.81. The molecule has 0 fully saturated rings. The molecule has 0 bridgehead atoms. The zero-order valence-electron chi connectivity index (χ0n) is 13.5. The highest BCUT2D eigenvalue weighted by molar-refractivity contribution is 6.01. The van der Waals surface area contributed by atoms with Crippen molar-refractivity contribution >= 4 is 17.5 Å². The van der Waals surface area contributed by atoms with E-state index in [1.165, 1.54) is 6.26 Å². The smallest absolute Gasteiger partial charge is 0.287 e. The molecule has 126 valence electrons. The van der Waals surface area contributed by atoms with Crippen molar-refractivity contribution in [1.29, 1.82) is 0 Å². The number of nitrogens with one attached hydrogen (secondary N) is 1. The van der Waals surface area contributed by atoms with Crippen LogP contribution in [-0.2, 0) is 17.8 Å². The first-order valence-electron chi connectivity index (χ1n) is 8.13. The minimum absolute atomic E-state index is 0.0340. The molecule has 6 heteroatoms. The van der Waals surface area contributed by atoms with E-state index in [2.05, 4.69) is 5.32 Å². The van der Waals surface area contributed by atoms with E-state index in [0.29, 0.717) is 31.6 Å². The molecule has 0 aliphatic carbocycles. The van der Waals surface area contributed by atoms with E-state index >= 15 is 0 Å². The predicted molar refractivity (Wildman–Crippen MR) is 90.7 cm³/mol. The summed E-state index contributed by atoms with van der Waals surface area (Å²) in [5, 5.41) is 2.82. The van der Waals surface area contributed by atoms with Gasteiger partial charge in [-0.25, -0.2) is 0 Å². The Balaban J connectivity index is 1.70. The summed E-state index contributed by atoms with van der Waals surface area (Å²) in [6.45, 7) is 1.50. The third kappa shape index (κ3) is 3.33. The van der Waals surface area contributed by atoms with Gasteiger partial charge in [0.2, 0.25) is 5.91 Å². The maximum Gasteiger partial charge on any atom is 0.287 e. The Morgan fingerprint density at radius 1 is 1.25 bits per heavy atom. The summed E-state index contributed by atoms with van der Waals surface area (Å²) >= 11 is 0. The first-order chi connectivity index (χ1) is 11.7. The molecule has 1 aromatic heterocycles. The van der Waals surface area contributed by atoms with E-state index in [4.69, 9.17) is 10.2 Å². The van der Waals surface area contributed by atoms with E-state index in [0.717, 1.165) is 24.1 Å². The largest absolute Gasteiger partial charge is 0.459 e. The van der Waals surface area contributed by atoms with Crippen molar-refractivity contribution in [1.82, 2.24) is 5.32 Å². The first-order valence-corrected chi connectivity index (χ1v) is 8.13. The molecule has 0 saturated carbocycles. The molecule has 0 unspecified atom stereocenters. The lowest BCUT2D eigenvalue weighted by Gasteiger charge is -2.17. The van der Waals surface area contributed by atoms with Crippen LogP contribution in [0.25, 0.3) is 0 Å². The Morgan fingerprint density at radius 2 is 2.08 bits per heavy atom. The monoisotopic (exact) mass is 327 g/mol. The van der Waals surface area contributed by atoms with Crippen LogP contribution in [0.1, 0.15) is 34.5 Å². The van der Waals surface area contributed by atoms with Gasteiger partial charge in [-0.3, -0.25) is 9.59 Å². The molecule has 24 heavy (non-hydrogen) atoms. The number of amides is 2. The van der Waals surface area contributed by atoms with E-state index in [1.54, 1.807) is 11.0 Å². The molecule has 3 N–H and O–H groups in total. The topological polar surface area (TPSA) is 88.6 Å². The molecule has 2 heterocycles. The van der Waals surface area contributed by atoms with Crippen molar-refractivity contribution in [2.45, 2.75) is 25.8 Å². The van der Waals surface area contributed by atoms with Crippen LogP contribution in [-0.4, -0.2) is 24.9 Å². The molecule has 3 rings (SSSR count). The van der Waals surface area contributed by atoms with Gasteiger partial charge in [0, 0.05) is 17.8 Å². The zero-order valence-corrected chi connectivity index (χ0v) is 13.5. The number of carbonyl (C=O) groups excluding carboxylic acids is 2. The Bertz CT molecular complexity index is 739. The number of hydrogen-bond donors (Lipinski definition) is 2. The molecule has 6 nitrogen and oxygen atoms in total. The first kappa shape index (κ1) is 16.3. The highest BCUT2D eigenvalue weighted by Gasteiger charge is 2.28. The van der Waals surface area contributed by atoms with Crippen LogP contribution in [0.3, 0.4) is 0 Å². The number of unbranched alkanes of at least 4 members (excludes halogenated alkanes) is 1. The number of fused-ring (bicyclic) bond motifs is 1. The number of nitrogens with two attached hydrogens (primary N) is 1. The van der Waals surface area contributed by atoms with Crippen LogP contribution >= 0.6 is 0 Å². The zero-order chi connectivity index (χ0) is 16.9. The lowest BCUT2D eigenvalue weighted by Crippen LogP contribution is -2.29. The highest BCUT2D eigenvalue weighted by Crippen LogP contribution is 2.30. The van der Waals surface area contributed by atoms with E-state index in [-0.39, 0.29) is 17.6 Å². The third-order valence-corrected chi connectivity index (χ3v) is 4.12. The van der Waals surface area contributed by atoms with Gasteiger partial charge in [-0.2, -0.15) is 0 Å². The number of hydrogen-bond acceptors (Lipinski definition) is 4. The summed E-state index contributed by atoms with van der Waals surface area (Å²) in [6, 6.07) is 9.45. The maximum atomic E-state index is 12.3. The van der Waals surface area contributed by atoms with Crippen LogP contribution in [0.4, 0.5) is 5.69 Å². The summed E-state index contributed by atoms with van der Waals surface area (Å²) in [5.41, 5.74) is 8.06. The van der Waals surface area contributed by atoms with E-state index in [1.807, 2.05) is 24.3 Å². The Kier molecular flexibility index (Phi) is 4.96. The molecule has 0 saturated heterocycles. The van der Waals surface area contributed by atoms with E-state index in [9.17, 15) is 9.59 Å². The molecule has 0 atom stereocenters. The number of rotatable bonds is 7. The van der Waals surface area contributed by atoms with Crippen molar-refractivity contribution in [2.24, 2.45) is 5.73 Å². The van der Waals surface area contributed by atoms with Gasteiger partial charge in [0.25, 0.3) is 5.91 Å². The second kappa shape index (κ2) is 7.31. The average molecular weight is 327 g/mol. The van der Waals surface area contributed by atoms with Crippen LogP contribution in [0, 0.1) is 0 Å². The molecule has 1 aliphatic heterocycles. The fourth-order valence-electron chi connectivity index (χ4n) is 2.87. The average Bonchev–Trinajstić information content (AvgIpc) is 3.17. The molecule has 0 spiro atoms. The minimum atomic E-state index is -0.257. The molecular weight excluding hydrogens is 306 g/mol. The van der Waals surface area contributed by atoms with Crippen LogP contribution < -0.4 is 16.0 Å². The summed E-state index contributed by atoms with van der Waals surface area (Å²) < 4.78 is 5.34. The standard InChI is InChI=1S/C18H21N3O3/c19-8-3-4-9-20-18(23)17-14(7-10-24-17)12-21-15-6-2-1-5-13(15)11-16(21)22/h1-2,5-7,10H,3-4,8-9,11-12,19H2,(H,20,23). The van der Waals surface area contributed by atoms with Crippen molar-refractivity contribution in [3.8, 4) is 0 Å². The molecule has 2 amide bonds. The van der Waals surface area contributed by atoms with Gasteiger partial charge in [-0.1, -0.05) is 18.2 Å². The number of carbonyl (C=O) groups is 2. The minimum Gasteiger partial charge on any atom is -0.459 e. The number of para-hydroxylation sites is 1. The van der Waals surface area contributed by atoms with Crippen molar-refractivity contribution in [3.63, 3.8) is 0 Å². The Labute approximate surface area is 140 Å². The number of furan rings is 1. The fraction of sp³-hybridized carbons (Fsp3) is 0.333. The van der Waals surface area contributed by atoms with Gasteiger partial charge in [0.15, 0.2) is 5.76 Å². The molecule has 0 radical (unpaired) electrons. The summed E-state index contributed by atoms with van der Waals surface area (Å²) in [5.74, 6) is 0.0404. The fourth-order valence-corrected chi connectivity index (χ4v) is 2.87. The van der Waals surface area contributed by atoms with Crippen molar-refractivity contribution in [2.75, 3.05) is 18.0 Å². The van der Waals surface area contributed by atoms with Gasteiger partial charge in [-0.05, 0) is 37.1 Å². The highest BCUT2D eigenvalue weighted by atomic mass is 16.3. The van der Waals surface area contributed by atoms with Crippen molar-refractivity contribution < 1.29 is 14.0 Å². The second-order valence-electron chi connectivity index (χ2n) is 5.81. The molecule has 1 aromatic carbocycles. The normalized spacial score (nSPS) is 13.2. The Morgan fingerprint density at radius 3 is 2.92 bits per heavy atom. The molecule has 1 aliphatic rings. The summed E-state index contributed by atoms with van der Waals surface area (Å²) in [6.07, 6.45) is 3.58. The predicted octanol–water partition coefficient (Wildman–Crippen LogP) is 1.84. The Hall–Kier alpha value is -2.60. The van der Waals surface area contributed by atoms with Gasteiger partial charge in [0.05, 0.1) is 19.2 Å². The van der Waals surface area contributed by atoms with Crippen LogP contribution in [0.15, 0.2) is 41.0 Å². The lowest BCUT2D eigenvalue weighted by atomic mass is 10.1. The van der Waals surface area contributed by atoms with Gasteiger partial charge < -0.3 is 20.4 Å². The lowest BCUT2D eigenvalue weighted by molar-refractivity contribution is -0.117. The van der Waals surface area contributed by atoms with Crippen molar-refractivity contribution in [3.05, 3.63) is 53.5 Å².